The van der Waals surface area contributed by atoms with E-state index in [1.165, 1.54) is 12.1 Å². The smallest absolute Gasteiger partial charge is 0.212 e. The van der Waals surface area contributed by atoms with E-state index in [1.54, 1.807) is 34.9 Å². The van der Waals surface area contributed by atoms with Crippen LogP contribution in [0.5, 0.6) is 0 Å². The Labute approximate surface area is 179 Å². The zero-order valence-electron chi connectivity index (χ0n) is 16.7. The third-order valence-corrected chi connectivity index (χ3v) is 9.24. The predicted molar refractivity (Wildman–Crippen MR) is 118 cm³/mol. The van der Waals surface area contributed by atoms with Gasteiger partial charge in [-0.15, -0.1) is 0 Å². The lowest BCUT2D eigenvalue weighted by Crippen LogP contribution is -2.15. The zero-order chi connectivity index (χ0) is 22.0. The molecule has 0 aliphatic carbocycles. The van der Waals surface area contributed by atoms with Gasteiger partial charge in [-0.25, -0.2) is 26.8 Å². The number of aryl methyl sites for hydroxylation is 1. The highest BCUT2D eigenvalue weighted by Gasteiger charge is 2.36. The number of aromatic nitrogens is 3. The van der Waals surface area contributed by atoms with Gasteiger partial charge in [0.25, 0.3) is 0 Å². The molecule has 31 heavy (non-hydrogen) atoms. The standard InChI is InChI=1S/C21H20N4O4S2/c1-13-6-8-15(9-7-13)31(28,29)19-18-21(24-17-5-3-2-4-16(17)23-18)25(20(19)22)14-10-11-30(26,27)12-14/h2-9,14H,10-12,22H2,1H3. The molecule has 1 atom stereocenters. The van der Waals surface area contributed by atoms with Gasteiger partial charge in [0, 0.05) is 0 Å². The van der Waals surface area contributed by atoms with Gasteiger partial charge in [0.2, 0.25) is 9.84 Å². The van der Waals surface area contributed by atoms with Crippen molar-refractivity contribution >= 4 is 47.7 Å². The number of rotatable bonds is 3. The Morgan fingerprint density at radius 1 is 1.03 bits per heavy atom. The van der Waals surface area contributed by atoms with Crippen molar-refractivity contribution in [3.63, 3.8) is 0 Å². The van der Waals surface area contributed by atoms with Gasteiger partial charge in [0.1, 0.15) is 16.2 Å². The quantitative estimate of drug-likeness (QED) is 0.502. The van der Waals surface area contributed by atoms with Gasteiger partial charge >= 0.3 is 0 Å². The van der Waals surface area contributed by atoms with Crippen LogP contribution in [0.25, 0.3) is 22.2 Å². The highest BCUT2D eigenvalue weighted by Crippen LogP contribution is 2.39. The second-order valence-electron chi connectivity index (χ2n) is 7.84. The molecule has 1 unspecified atom stereocenters. The summed E-state index contributed by atoms with van der Waals surface area (Å²) >= 11 is 0. The van der Waals surface area contributed by atoms with Crippen LogP contribution in [0, 0.1) is 6.92 Å². The van der Waals surface area contributed by atoms with Crippen molar-refractivity contribution in [3.05, 3.63) is 54.1 Å². The average molecular weight is 457 g/mol. The molecule has 2 N–H and O–H groups in total. The lowest BCUT2D eigenvalue weighted by molar-refractivity contribution is 0.571. The SMILES string of the molecule is Cc1ccc(S(=O)(=O)c2c(N)n(C3CCS(=O)(=O)C3)c3nc4ccccc4nc23)cc1. The Hall–Kier alpha value is -2.98. The molecule has 8 nitrogen and oxygen atoms in total. The largest absolute Gasteiger partial charge is 0.384 e. The molecule has 0 amide bonds. The summed E-state index contributed by atoms with van der Waals surface area (Å²) < 4.78 is 53.0. The molecule has 5 rings (SSSR count). The number of para-hydroxylation sites is 2. The van der Waals surface area contributed by atoms with Gasteiger partial charge in [-0.2, -0.15) is 0 Å². The van der Waals surface area contributed by atoms with Crippen molar-refractivity contribution in [2.75, 3.05) is 17.2 Å². The molecule has 0 bridgehead atoms. The number of nitrogens with two attached hydrogens (primary N) is 1. The Morgan fingerprint density at radius 3 is 2.29 bits per heavy atom. The summed E-state index contributed by atoms with van der Waals surface area (Å²) in [6, 6.07) is 13.1. The summed E-state index contributed by atoms with van der Waals surface area (Å²) in [5.41, 5.74) is 8.88. The molecular weight excluding hydrogens is 436 g/mol. The van der Waals surface area contributed by atoms with Gasteiger partial charge in [0.15, 0.2) is 15.5 Å². The fourth-order valence-corrected chi connectivity index (χ4v) is 7.30. The van der Waals surface area contributed by atoms with Crippen molar-refractivity contribution in [1.82, 2.24) is 14.5 Å². The van der Waals surface area contributed by atoms with Crippen LogP contribution in [0.3, 0.4) is 0 Å². The predicted octanol–water partition coefficient (Wildman–Crippen LogP) is 2.67. The van der Waals surface area contributed by atoms with Crippen LogP contribution in [0.15, 0.2) is 58.3 Å². The van der Waals surface area contributed by atoms with E-state index in [0.29, 0.717) is 17.5 Å². The highest BCUT2D eigenvalue weighted by molar-refractivity contribution is 7.92. The molecule has 1 aliphatic heterocycles. The van der Waals surface area contributed by atoms with E-state index in [0.717, 1.165) is 5.56 Å². The number of nitrogens with zero attached hydrogens (tertiary/aromatic N) is 3. The zero-order valence-corrected chi connectivity index (χ0v) is 18.3. The van der Waals surface area contributed by atoms with E-state index in [2.05, 4.69) is 9.97 Å². The van der Waals surface area contributed by atoms with Crippen molar-refractivity contribution in [1.29, 1.82) is 0 Å². The fourth-order valence-electron chi connectivity index (χ4n) is 4.10. The van der Waals surface area contributed by atoms with E-state index in [-0.39, 0.29) is 38.3 Å². The number of nitrogen functional groups attached to an aromatic ring is 1. The molecule has 2 aromatic heterocycles. The first kappa shape index (κ1) is 20.0. The first-order valence-corrected chi connectivity index (χ1v) is 13.1. The normalized spacial score (nSPS) is 18.7. The van der Waals surface area contributed by atoms with Gasteiger partial charge in [-0.3, -0.25) is 0 Å². The second kappa shape index (κ2) is 6.76. The molecule has 1 saturated heterocycles. The van der Waals surface area contributed by atoms with E-state index in [1.807, 2.05) is 13.0 Å². The fraction of sp³-hybridized carbons (Fsp3) is 0.238. The summed E-state index contributed by atoms with van der Waals surface area (Å²) in [5, 5.41) is 0. The summed E-state index contributed by atoms with van der Waals surface area (Å²) in [6.45, 7) is 1.87. The number of sulfone groups is 2. The number of hydrogen-bond acceptors (Lipinski definition) is 7. The molecule has 10 heteroatoms. The summed E-state index contributed by atoms with van der Waals surface area (Å²) in [7, 11) is -7.25. The Morgan fingerprint density at radius 2 is 1.68 bits per heavy atom. The Kier molecular flexibility index (Phi) is 4.35. The van der Waals surface area contributed by atoms with Crippen molar-refractivity contribution < 1.29 is 16.8 Å². The highest BCUT2D eigenvalue weighted by atomic mass is 32.2. The minimum Gasteiger partial charge on any atom is -0.384 e. The van der Waals surface area contributed by atoms with E-state index in [9.17, 15) is 16.8 Å². The molecule has 0 spiro atoms. The monoisotopic (exact) mass is 456 g/mol. The van der Waals surface area contributed by atoms with Crippen LogP contribution in [0.4, 0.5) is 5.82 Å². The maximum atomic E-state index is 13.6. The molecule has 0 radical (unpaired) electrons. The topological polar surface area (TPSA) is 125 Å². The molecule has 1 aliphatic rings. The maximum absolute atomic E-state index is 13.6. The minimum atomic E-state index is -4.02. The Bertz CT molecular complexity index is 1560. The summed E-state index contributed by atoms with van der Waals surface area (Å²) in [5.74, 6) is -0.120. The maximum Gasteiger partial charge on any atom is 0.212 e. The first-order chi connectivity index (χ1) is 14.7. The van der Waals surface area contributed by atoms with Crippen LogP contribution in [-0.4, -0.2) is 42.9 Å². The van der Waals surface area contributed by atoms with Crippen LogP contribution in [0.2, 0.25) is 0 Å². The van der Waals surface area contributed by atoms with Gasteiger partial charge in [-0.05, 0) is 37.6 Å². The first-order valence-electron chi connectivity index (χ1n) is 9.76. The lowest BCUT2D eigenvalue weighted by Gasteiger charge is -2.14. The van der Waals surface area contributed by atoms with Gasteiger partial charge < -0.3 is 10.3 Å². The Balaban J connectivity index is 1.85. The lowest BCUT2D eigenvalue weighted by atomic mass is 10.2. The number of hydrogen-bond donors (Lipinski definition) is 1. The van der Waals surface area contributed by atoms with E-state index < -0.39 is 25.7 Å². The number of anilines is 1. The van der Waals surface area contributed by atoms with Crippen LogP contribution >= 0.6 is 0 Å². The molecule has 2 aromatic carbocycles. The molecular formula is C21H20N4O4S2. The van der Waals surface area contributed by atoms with E-state index in [4.69, 9.17) is 5.73 Å². The molecule has 4 aromatic rings. The van der Waals surface area contributed by atoms with E-state index >= 15 is 0 Å². The molecule has 0 saturated carbocycles. The molecule has 1 fully saturated rings. The van der Waals surface area contributed by atoms with Gasteiger partial charge in [0.05, 0.1) is 33.5 Å². The number of fused-ring (bicyclic) bond motifs is 2. The van der Waals surface area contributed by atoms with Crippen molar-refractivity contribution in [3.8, 4) is 0 Å². The summed E-state index contributed by atoms with van der Waals surface area (Å²) in [4.78, 5) is 9.18. The number of benzene rings is 2. The van der Waals surface area contributed by atoms with Crippen LogP contribution in [-0.2, 0) is 19.7 Å². The third kappa shape index (κ3) is 3.17. The van der Waals surface area contributed by atoms with Crippen LogP contribution in [0.1, 0.15) is 18.0 Å². The van der Waals surface area contributed by atoms with Crippen molar-refractivity contribution in [2.24, 2.45) is 0 Å². The second-order valence-corrected chi connectivity index (χ2v) is 12.0. The summed E-state index contributed by atoms with van der Waals surface area (Å²) in [6.07, 6.45) is 0.342. The van der Waals surface area contributed by atoms with Crippen LogP contribution < -0.4 is 5.73 Å². The molecule has 3 heterocycles. The van der Waals surface area contributed by atoms with Crippen molar-refractivity contribution in [2.45, 2.75) is 29.2 Å². The molecule has 160 valence electrons. The third-order valence-electron chi connectivity index (χ3n) is 5.66. The average Bonchev–Trinajstić information content (AvgIpc) is 3.21. The van der Waals surface area contributed by atoms with Gasteiger partial charge in [-0.1, -0.05) is 29.8 Å². The minimum absolute atomic E-state index is 0.0256.